The van der Waals surface area contributed by atoms with E-state index in [0.29, 0.717) is 0 Å². The van der Waals surface area contributed by atoms with E-state index >= 15 is 0 Å². The van der Waals surface area contributed by atoms with Gasteiger partial charge in [0.1, 0.15) is 15.7 Å². The molecular weight excluding hydrogens is 252 g/mol. The molecule has 0 unspecified atom stereocenters. The highest BCUT2D eigenvalue weighted by Crippen LogP contribution is 2.39. The Morgan fingerprint density at radius 1 is 0.905 bits per heavy atom. The van der Waals surface area contributed by atoms with Gasteiger partial charge in [0, 0.05) is 11.8 Å². The molecule has 1 aromatic carbocycles. The van der Waals surface area contributed by atoms with Crippen molar-refractivity contribution in [1.82, 2.24) is 4.98 Å². The van der Waals surface area contributed by atoms with Gasteiger partial charge in [0.15, 0.2) is 0 Å². The van der Waals surface area contributed by atoms with E-state index in [2.05, 4.69) is 58.2 Å². The molecule has 0 spiro atoms. The highest BCUT2D eigenvalue weighted by Gasteiger charge is 2.34. The van der Waals surface area contributed by atoms with Crippen LogP contribution in [0.2, 0.25) is 0 Å². The summed E-state index contributed by atoms with van der Waals surface area (Å²) < 4.78 is 0. The molecule has 1 fully saturated rings. The molecule has 0 saturated heterocycles. The number of nitrogens with zero attached hydrogens (tertiary/aromatic N) is 1. The van der Waals surface area contributed by atoms with E-state index in [0.717, 1.165) is 11.6 Å². The highest BCUT2D eigenvalue weighted by atomic mass is 14.7. The predicted molar refractivity (Wildman–Crippen MR) is 95.0 cm³/mol. The van der Waals surface area contributed by atoms with E-state index in [1.54, 1.807) is 0 Å². The summed E-state index contributed by atoms with van der Waals surface area (Å²) >= 11 is 0. The van der Waals surface area contributed by atoms with Crippen LogP contribution in [0.5, 0.6) is 0 Å². The van der Waals surface area contributed by atoms with Gasteiger partial charge in [-0.05, 0) is 17.5 Å². The number of rotatable bonds is 3. The molecule has 0 N–H and O–H groups in total. The van der Waals surface area contributed by atoms with E-state index in [1.165, 1.54) is 43.2 Å². The molecular formula is C18H23B2N. The van der Waals surface area contributed by atoms with Crippen LogP contribution in [0.25, 0.3) is 11.3 Å². The first-order valence-electron chi connectivity index (χ1n) is 8.20. The van der Waals surface area contributed by atoms with Crippen molar-refractivity contribution in [1.29, 1.82) is 0 Å². The Morgan fingerprint density at radius 3 is 2.33 bits per heavy atom. The van der Waals surface area contributed by atoms with Crippen molar-refractivity contribution in [3.8, 4) is 11.3 Å². The lowest BCUT2D eigenvalue weighted by Gasteiger charge is -2.38. The van der Waals surface area contributed by atoms with Crippen molar-refractivity contribution in [3.05, 3.63) is 54.2 Å². The van der Waals surface area contributed by atoms with Crippen molar-refractivity contribution < 1.29 is 0 Å². The number of hydrogen-bond donors (Lipinski definition) is 0. The fourth-order valence-electron chi connectivity index (χ4n) is 3.80. The Hall–Kier alpha value is -1.50. The molecule has 21 heavy (non-hydrogen) atoms. The number of pyridine rings is 1. The summed E-state index contributed by atoms with van der Waals surface area (Å²) in [6.07, 6.45) is 8.81. The van der Waals surface area contributed by atoms with Crippen LogP contribution in [-0.4, -0.2) is 20.7 Å². The summed E-state index contributed by atoms with van der Waals surface area (Å²) in [6, 6.07) is 15.0. The van der Waals surface area contributed by atoms with E-state index < -0.39 is 0 Å². The fourth-order valence-corrected chi connectivity index (χ4v) is 3.80. The van der Waals surface area contributed by atoms with Crippen molar-refractivity contribution in [2.24, 2.45) is 5.92 Å². The number of benzene rings is 1. The van der Waals surface area contributed by atoms with Crippen molar-refractivity contribution in [3.63, 3.8) is 0 Å². The van der Waals surface area contributed by atoms with Crippen LogP contribution >= 0.6 is 0 Å². The van der Waals surface area contributed by atoms with Crippen LogP contribution in [0.1, 0.15) is 37.7 Å². The molecule has 106 valence electrons. The summed E-state index contributed by atoms with van der Waals surface area (Å²) in [5.41, 5.74) is 3.80. The standard InChI is InChI=1S/C18H23B2N/c19-18(20,15-10-5-2-6-11-15)16-12-7-13-21-17(16)14-8-3-1-4-9-14/h1,3-4,7-9,12-13,15H,2,5-6,10-11,19-20H2. The van der Waals surface area contributed by atoms with E-state index in [9.17, 15) is 0 Å². The van der Waals surface area contributed by atoms with Gasteiger partial charge in [-0.1, -0.05) is 73.7 Å². The monoisotopic (exact) mass is 275 g/mol. The normalized spacial score (nSPS) is 16.8. The Kier molecular flexibility index (Phi) is 4.19. The molecule has 3 heteroatoms. The maximum absolute atomic E-state index is 4.71. The van der Waals surface area contributed by atoms with Gasteiger partial charge < -0.3 is 0 Å². The fraction of sp³-hybridized carbons (Fsp3) is 0.389. The topological polar surface area (TPSA) is 12.9 Å². The quantitative estimate of drug-likeness (QED) is 0.785. The second kappa shape index (κ2) is 6.09. The van der Waals surface area contributed by atoms with Crippen molar-refractivity contribution in [2.75, 3.05) is 0 Å². The Bertz CT molecular complexity index is 589. The average molecular weight is 275 g/mol. The maximum Gasteiger partial charge on any atom is 0.105 e. The minimum absolute atomic E-state index is 0.194. The van der Waals surface area contributed by atoms with E-state index in [-0.39, 0.29) is 5.21 Å². The molecule has 0 radical (unpaired) electrons. The highest BCUT2D eigenvalue weighted by molar-refractivity contribution is 6.40. The third kappa shape index (κ3) is 2.92. The second-order valence-corrected chi connectivity index (χ2v) is 6.82. The average Bonchev–Trinajstić information content (AvgIpc) is 2.56. The van der Waals surface area contributed by atoms with Crippen LogP contribution in [-0.2, 0) is 5.21 Å². The van der Waals surface area contributed by atoms with Crippen LogP contribution in [0, 0.1) is 5.92 Å². The van der Waals surface area contributed by atoms with Gasteiger partial charge in [-0.25, -0.2) is 0 Å². The Balaban J connectivity index is 2.02. The zero-order valence-corrected chi connectivity index (χ0v) is 13.2. The van der Waals surface area contributed by atoms with Crippen LogP contribution in [0.3, 0.4) is 0 Å². The number of aromatic nitrogens is 1. The maximum atomic E-state index is 4.71. The van der Waals surface area contributed by atoms with Crippen LogP contribution in [0.4, 0.5) is 0 Å². The molecule has 0 atom stereocenters. The number of hydrogen-bond acceptors (Lipinski definition) is 1. The first-order chi connectivity index (χ1) is 10.2. The molecule has 1 aliphatic rings. The molecule has 0 bridgehead atoms. The van der Waals surface area contributed by atoms with Gasteiger partial charge in [0.2, 0.25) is 0 Å². The Morgan fingerprint density at radius 2 is 1.62 bits per heavy atom. The lowest BCUT2D eigenvalue weighted by atomic mass is 9.43. The molecule has 2 aromatic rings. The zero-order valence-electron chi connectivity index (χ0n) is 13.2. The second-order valence-electron chi connectivity index (χ2n) is 6.82. The lowest BCUT2D eigenvalue weighted by molar-refractivity contribution is 0.327. The van der Waals surface area contributed by atoms with E-state index in [4.69, 9.17) is 4.98 Å². The minimum Gasteiger partial charge on any atom is -0.256 e. The van der Waals surface area contributed by atoms with Gasteiger partial charge in [-0.15, -0.1) is 0 Å². The van der Waals surface area contributed by atoms with E-state index in [1.807, 2.05) is 6.20 Å². The van der Waals surface area contributed by atoms with Crippen molar-refractivity contribution >= 4 is 15.7 Å². The van der Waals surface area contributed by atoms with Crippen LogP contribution < -0.4 is 0 Å². The third-order valence-corrected chi connectivity index (χ3v) is 5.17. The van der Waals surface area contributed by atoms with Gasteiger partial charge in [-0.3, -0.25) is 4.98 Å². The zero-order chi connectivity index (χ0) is 14.7. The van der Waals surface area contributed by atoms with Gasteiger partial charge >= 0.3 is 0 Å². The summed E-state index contributed by atoms with van der Waals surface area (Å²) in [4.78, 5) is 4.71. The molecule has 1 aliphatic carbocycles. The molecule has 1 heterocycles. The van der Waals surface area contributed by atoms with Gasteiger partial charge in [0.25, 0.3) is 0 Å². The molecule has 1 aromatic heterocycles. The Labute approximate surface area is 130 Å². The molecule has 3 rings (SSSR count). The van der Waals surface area contributed by atoms with Crippen LogP contribution in [0.15, 0.2) is 48.7 Å². The smallest absolute Gasteiger partial charge is 0.105 e. The summed E-state index contributed by atoms with van der Waals surface area (Å²) in [6.45, 7) is 0. The summed E-state index contributed by atoms with van der Waals surface area (Å²) in [5.74, 6) is 0.776. The lowest BCUT2D eigenvalue weighted by Crippen LogP contribution is -2.38. The molecule has 0 aliphatic heterocycles. The molecule has 0 amide bonds. The largest absolute Gasteiger partial charge is 0.256 e. The SMILES string of the molecule is BC(B)(c1cccnc1-c1ccccc1)C1CCCCC1. The molecule has 1 nitrogen and oxygen atoms in total. The minimum atomic E-state index is 0.194. The molecule has 1 saturated carbocycles. The predicted octanol–water partition coefficient (Wildman–Crippen LogP) is 2.75. The van der Waals surface area contributed by atoms with Gasteiger partial charge in [-0.2, -0.15) is 0 Å². The summed E-state index contributed by atoms with van der Waals surface area (Å²) in [7, 11) is 4.82. The van der Waals surface area contributed by atoms with Crippen molar-refractivity contribution in [2.45, 2.75) is 37.3 Å². The third-order valence-electron chi connectivity index (χ3n) is 5.17. The first kappa shape index (κ1) is 14.4. The summed E-state index contributed by atoms with van der Waals surface area (Å²) in [5, 5.41) is 0.194. The first-order valence-corrected chi connectivity index (χ1v) is 8.20. The van der Waals surface area contributed by atoms with Gasteiger partial charge in [0.05, 0.1) is 5.69 Å².